The van der Waals surface area contributed by atoms with Gasteiger partial charge in [-0.2, -0.15) is 5.26 Å². The minimum atomic E-state index is 0. The number of hydrogen-bond donors (Lipinski definition) is 1. The summed E-state index contributed by atoms with van der Waals surface area (Å²) < 4.78 is 0. The normalized spacial score (nSPS) is 13.4. The van der Waals surface area contributed by atoms with Gasteiger partial charge in [-0.25, -0.2) is 0 Å². The Kier molecular flexibility index (Phi) is 6.80. The molecule has 0 saturated carbocycles. The third-order valence-corrected chi connectivity index (χ3v) is 5.58. The predicted molar refractivity (Wildman–Crippen MR) is 99.7 cm³/mol. The zero-order valence-corrected chi connectivity index (χ0v) is 15.0. The van der Waals surface area contributed by atoms with Crippen molar-refractivity contribution >= 4 is 35.8 Å². The molecular formula is C18H18Cl2N2S. The quantitative estimate of drug-likeness (QED) is 0.807. The molecule has 1 N–H and O–H groups in total. The summed E-state index contributed by atoms with van der Waals surface area (Å²) in [5.74, 6) is 0.771. The average molecular weight is 365 g/mol. The molecule has 5 heteroatoms. The molecule has 0 saturated heterocycles. The molecule has 1 aliphatic rings. The number of halogens is 2. The minimum Gasteiger partial charge on any atom is -0.316 e. The Hall–Kier alpha value is -1.18. The van der Waals surface area contributed by atoms with Crippen molar-refractivity contribution in [1.82, 2.24) is 5.32 Å². The molecule has 0 aromatic heterocycles. The number of nitrogens with one attached hydrogen (secondary N) is 1. The molecule has 120 valence electrons. The van der Waals surface area contributed by atoms with Crippen LogP contribution in [0, 0.1) is 11.3 Å². The molecular weight excluding hydrogens is 347 g/mol. The number of nitrogens with zero attached hydrogens (tertiary/aromatic N) is 1. The first-order valence-electron chi connectivity index (χ1n) is 7.41. The zero-order valence-electron chi connectivity index (χ0n) is 12.6. The van der Waals surface area contributed by atoms with E-state index >= 15 is 0 Å². The highest BCUT2D eigenvalue weighted by molar-refractivity contribution is 7.98. The van der Waals surface area contributed by atoms with E-state index in [1.165, 1.54) is 16.0 Å². The van der Waals surface area contributed by atoms with Gasteiger partial charge in [0, 0.05) is 10.6 Å². The van der Waals surface area contributed by atoms with Crippen molar-refractivity contribution in [3.63, 3.8) is 0 Å². The second-order valence-corrected chi connectivity index (χ2v) is 6.71. The maximum absolute atomic E-state index is 9.21. The van der Waals surface area contributed by atoms with Crippen LogP contribution >= 0.6 is 35.8 Å². The van der Waals surface area contributed by atoms with Gasteiger partial charge in [-0.1, -0.05) is 35.9 Å². The fraction of sp³-hybridized carbons (Fsp3) is 0.278. The number of hydrogen-bond acceptors (Lipinski definition) is 3. The summed E-state index contributed by atoms with van der Waals surface area (Å²) in [6, 6.07) is 14.2. The lowest BCUT2D eigenvalue weighted by Crippen LogP contribution is -2.16. The van der Waals surface area contributed by atoms with Crippen molar-refractivity contribution in [3.05, 3.63) is 63.7 Å². The Morgan fingerprint density at radius 1 is 1.13 bits per heavy atom. The molecule has 1 heterocycles. The lowest BCUT2D eigenvalue weighted by atomic mass is 10.0. The molecule has 0 unspecified atom stereocenters. The Labute approximate surface area is 152 Å². The van der Waals surface area contributed by atoms with Gasteiger partial charge >= 0.3 is 0 Å². The molecule has 2 aromatic carbocycles. The molecule has 0 atom stereocenters. The van der Waals surface area contributed by atoms with Crippen LogP contribution in [0.3, 0.4) is 0 Å². The largest absolute Gasteiger partial charge is 0.316 e. The van der Waals surface area contributed by atoms with Crippen LogP contribution in [0.4, 0.5) is 0 Å². The fourth-order valence-corrected chi connectivity index (χ4v) is 4.28. The van der Waals surface area contributed by atoms with Gasteiger partial charge in [0.1, 0.15) is 0 Å². The average Bonchev–Trinajstić information content (AvgIpc) is 2.79. The van der Waals surface area contributed by atoms with Crippen molar-refractivity contribution in [3.8, 4) is 6.07 Å². The Balaban J connectivity index is 0.00000192. The van der Waals surface area contributed by atoms with Crippen molar-refractivity contribution in [1.29, 1.82) is 5.26 Å². The van der Waals surface area contributed by atoms with Crippen LogP contribution in [-0.4, -0.2) is 13.1 Å². The Morgan fingerprint density at radius 2 is 1.91 bits per heavy atom. The summed E-state index contributed by atoms with van der Waals surface area (Å²) in [5.41, 5.74) is 4.58. The SMILES string of the molecule is Cl.N#Cc1ccccc1CSc1c(Cl)ccc2c1CCNCC2. The van der Waals surface area contributed by atoms with Crippen LogP contribution in [0.5, 0.6) is 0 Å². The first kappa shape index (κ1) is 18.2. The van der Waals surface area contributed by atoms with Gasteiger partial charge in [0.2, 0.25) is 0 Å². The van der Waals surface area contributed by atoms with Crippen LogP contribution in [-0.2, 0) is 18.6 Å². The minimum absolute atomic E-state index is 0. The van der Waals surface area contributed by atoms with Gasteiger partial charge in [-0.3, -0.25) is 0 Å². The van der Waals surface area contributed by atoms with Crippen molar-refractivity contribution in [2.45, 2.75) is 23.5 Å². The van der Waals surface area contributed by atoms with Crippen molar-refractivity contribution in [2.75, 3.05) is 13.1 Å². The Morgan fingerprint density at radius 3 is 2.74 bits per heavy atom. The summed E-state index contributed by atoms with van der Waals surface area (Å²) in [6.07, 6.45) is 2.06. The second kappa shape index (κ2) is 8.61. The van der Waals surface area contributed by atoms with E-state index in [9.17, 15) is 5.26 Å². The maximum atomic E-state index is 9.21. The van der Waals surface area contributed by atoms with Crippen LogP contribution in [0.25, 0.3) is 0 Å². The molecule has 2 nitrogen and oxygen atoms in total. The van der Waals surface area contributed by atoms with Crippen LogP contribution in [0.1, 0.15) is 22.3 Å². The first-order chi connectivity index (χ1) is 10.8. The number of benzene rings is 2. The molecule has 0 radical (unpaired) electrons. The summed E-state index contributed by atoms with van der Waals surface area (Å²) in [6.45, 7) is 2.02. The van der Waals surface area contributed by atoms with Gasteiger partial charge in [0.15, 0.2) is 0 Å². The molecule has 23 heavy (non-hydrogen) atoms. The number of fused-ring (bicyclic) bond motifs is 1. The lowest BCUT2D eigenvalue weighted by Gasteiger charge is -2.14. The lowest BCUT2D eigenvalue weighted by molar-refractivity contribution is 0.709. The van der Waals surface area contributed by atoms with Crippen LogP contribution in [0.15, 0.2) is 41.3 Å². The fourth-order valence-electron chi connectivity index (χ4n) is 2.77. The summed E-state index contributed by atoms with van der Waals surface area (Å²) >= 11 is 8.19. The van der Waals surface area contributed by atoms with Gasteiger partial charge in [0.05, 0.1) is 16.7 Å². The summed E-state index contributed by atoms with van der Waals surface area (Å²) in [4.78, 5) is 1.18. The number of thioether (sulfide) groups is 1. The van der Waals surface area contributed by atoms with Gasteiger partial charge < -0.3 is 5.32 Å². The van der Waals surface area contributed by atoms with E-state index in [4.69, 9.17) is 11.6 Å². The standard InChI is InChI=1S/C18H17ClN2S.ClH/c19-17-6-5-13-7-9-21-10-8-16(13)18(17)22-12-15-4-2-1-3-14(15)11-20;/h1-6,21H,7-10,12H2;1H. The van der Waals surface area contributed by atoms with E-state index in [0.717, 1.165) is 47.8 Å². The third kappa shape index (κ3) is 4.22. The molecule has 0 fully saturated rings. The monoisotopic (exact) mass is 364 g/mol. The molecule has 0 bridgehead atoms. The van der Waals surface area contributed by atoms with E-state index < -0.39 is 0 Å². The van der Waals surface area contributed by atoms with Crippen LogP contribution < -0.4 is 5.32 Å². The summed E-state index contributed by atoms with van der Waals surface area (Å²) in [7, 11) is 0. The molecule has 0 spiro atoms. The number of nitriles is 1. The van der Waals surface area contributed by atoms with E-state index in [2.05, 4.69) is 17.5 Å². The van der Waals surface area contributed by atoms with Gasteiger partial charge in [-0.05, 0) is 54.8 Å². The zero-order chi connectivity index (χ0) is 15.4. The van der Waals surface area contributed by atoms with Crippen LogP contribution in [0.2, 0.25) is 5.02 Å². The van der Waals surface area contributed by atoms with Gasteiger partial charge in [0.25, 0.3) is 0 Å². The molecule has 1 aliphatic heterocycles. The highest BCUT2D eigenvalue weighted by Gasteiger charge is 2.15. The maximum Gasteiger partial charge on any atom is 0.0994 e. The second-order valence-electron chi connectivity index (χ2n) is 5.32. The Bertz CT molecular complexity index is 725. The highest BCUT2D eigenvalue weighted by Crippen LogP contribution is 2.36. The number of rotatable bonds is 3. The molecule has 0 amide bonds. The third-order valence-electron chi connectivity index (χ3n) is 3.94. The summed E-state index contributed by atoms with van der Waals surface area (Å²) in [5, 5.41) is 13.5. The van der Waals surface area contributed by atoms with Crippen molar-refractivity contribution < 1.29 is 0 Å². The van der Waals surface area contributed by atoms with E-state index in [0.29, 0.717) is 0 Å². The topological polar surface area (TPSA) is 35.8 Å². The first-order valence-corrected chi connectivity index (χ1v) is 8.77. The van der Waals surface area contributed by atoms with Gasteiger partial charge in [-0.15, -0.1) is 24.2 Å². The highest BCUT2D eigenvalue weighted by atomic mass is 35.5. The molecule has 0 aliphatic carbocycles. The predicted octanol–water partition coefficient (Wildman–Crippen LogP) is 4.61. The van der Waals surface area contributed by atoms with Crippen molar-refractivity contribution in [2.24, 2.45) is 0 Å². The smallest absolute Gasteiger partial charge is 0.0994 e. The van der Waals surface area contributed by atoms with E-state index in [-0.39, 0.29) is 12.4 Å². The molecule has 2 aromatic rings. The van der Waals surface area contributed by atoms with E-state index in [1.807, 2.05) is 30.3 Å². The van der Waals surface area contributed by atoms with E-state index in [1.54, 1.807) is 11.8 Å². The molecule has 3 rings (SSSR count).